The molecule has 10 heteroatoms. The van der Waals surface area contributed by atoms with Crippen LogP contribution in [0.5, 0.6) is 0 Å². The number of phosphoric acid groups is 1. The number of rotatable bonds is 36. The summed E-state index contributed by atoms with van der Waals surface area (Å²) in [5.74, 6) is -0.935. The van der Waals surface area contributed by atoms with Crippen molar-refractivity contribution in [3.8, 4) is 0 Å². The molecular weight excluding hydrogens is 725 g/mol. The Hall–Kier alpha value is -3.07. The lowest BCUT2D eigenvalue weighted by molar-refractivity contribution is -0.870. The summed E-state index contributed by atoms with van der Waals surface area (Å²) in [6.45, 7) is 3.88. The molecule has 0 spiro atoms. The molecule has 0 aromatic heterocycles. The van der Waals surface area contributed by atoms with Gasteiger partial charge in [-0.2, -0.15) is 0 Å². The van der Waals surface area contributed by atoms with Crippen LogP contribution in [0.4, 0.5) is 0 Å². The zero-order valence-corrected chi connectivity index (χ0v) is 36.4. The fourth-order valence-electron chi connectivity index (χ4n) is 4.88. The maximum absolute atomic E-state index is 12.6. The fourth-order valence-corrected chi connectivity index (χ4v) is 5.61. The molecule has 0 saturated heterocycles. The van der Waals surface area contributed by atoms with Gasteiger partial charge in [0.1, 0.15) is 19.8 Å². The van der Waals surface area contributed by atoms with Crippen LogP contribution in [0.3, 0.4) is 0 Å². The number of hydrogen-bond donors (Lipinski definition) is 0. The molecule has 0 amide bonds. The quantitative estimate of drug-likeness (QED) is 0.0202. The third kappa shape index (κ3) is 40.6. The first-order valence-corrected chi connectivity index (χ1v) is 22.4. The minimum absolute atomic E-state index is 0.0492. The van der Waals surface area contributed by atoms with E-state index >= 15 is 0 Å². The molecule has 0 aliphatic heterocycles. The summed E-state index contributed by atoms with van der Waals surface area (Å²) < 4.78 is 33.8. The minimum Gasteiger partial charge on any atom is -0.756 e. The predicted octanol–water partition coefficient (Wildman–Crippen LogP) is 11.2. The summed E-state index contributed by atoms with van der Waals surface area (Å²) in [5, 5.41) is 0. The van der Waals surface area contributed by atoms with Crippen LogP contribution in [0.25, 0.3) is 0 Å². The average Bonchev–Trinajstić information content (AvgIpc) is 3.15. The Morgan fingerprint density at radius 1 is 0.554 bits per heavy atom. The van der Waals surface area contributed by atoms with Gasteiger partial charge in [-0.05, 0) is 83.5 Å². The zero-order chi connectivity index (χ0) is 41.4. The molecule has 56 heavy (non-hydrogen) atoms. The normalized spacial score (nSPS) is 14.6. The van der Waals surface area contributed by atoms with E-state index in [-0.39, 0.29) is 26.1 Å². The zero-order valence-electron chi connectivity index (χ0n) is 35.5. The number of quaternary nitrogens is 1. The first-order chi connectivity index (χ1) is 27.0. The summed E-state index contributed by atoms with van der Waals surface area (Å²) in [4.78, 5) is 37.5. The number of phosphoric ester groups is 1. The number of esters is 2. The lowest BCUT2D eigenvalue weighted by atomic mass is 10.1. The van der Waals surface area contributed by atoms with Crippen molar-refractivity contribution in [2.75, 3.05) is 47.5 Å². The molecule has 0 saturated carbocycles. The Balaban J connectivity index is 4.54. The van der Waals surface area contributed by atoms with Gasteiger partial charge >= 0.3 is 11.9 Å². The summed E-state index contributed by atoms with van der Waals surface area (Å²) in [7, 11) is 1.10. The van der Waals surface area contributed by atoms with E-state index in [0.717, 1.165) is 89.9 Å². The molecule has 0 aromatic carbocycles. The molecular formula is C46H76NO8P. The van der Waals surface area contributed by atoms with Gasteiger partial charge < -0.3 is 27.9 Å². The van der Waals surface area contributed by atoms with Gasteiger partial charge in [0, 0.05) is 12.8 Å². The smallest absolute Gasteiger partial charge is 0.306 e. The minimum atomic E-state index is -4.65. The van der Waals surface area contributed by atoms with Crippen molar-refractivity contribution in [2.45, 2.75) is 136 Å². The Bertz CT molecular complexity index is 1270. The molecule has 318 valence electrons. The summed E-state index contributed by atoms with van der Waals surface area (Å²) in [5.41, 5.74) is 0. The fraction of sp³-hybridized carbons (Fsp3) is 0.609. The number of allylic oxidation sites excluding steroid dienone is 16. The molecule has 0 aliphatic carbocycles. The molecule has 0 rings (SSSR count). The average molecular weight is 802 g/mol. The first kappa shape index (κ1) is 52.9. The second kappa shape index (κ2) is 37.5. The SMILES string of the molecule is CC/C=C/C/C=C/C/C=C/C/C=C/C/C=C/CCCC(=O)OC[C@H](COP(=O)([O-])OCC[N+](C)(C)C)OC(=O)CCCCCCC/C=C/C/C=C/C/C=C/CC. The number of ether oxygens (including phenoxy) is 2. The van der Waals surface area contributed by atoms with E-state index in [1.54, 1.807) is 0 Å². The molecule has 0 aromatic rings. The number of hydrogen-bond acceptors (Lipinski definition) is 8. The van der Waals surface area contributed by atoms with Crippen LogP contribution in [-0.2, 0) is 32.7 Å². The number of likely N-dealkylation sites (N-methyl/N-ethyl adjacent to an activating group) is 1. The number of carbonyl (C=O) groups excluding carboxylic acids is 2. The largest absolute Gasteiger partial charge is 0.756 e. The van der Waals surface area contributed by atoms with E-state index in [0.29, 0.717) is 23.9 Å². The lowest BCUT2D eigenvalue weighted by Crippen LogP contribution is -2.37. The molecule has 9 nitrogen and oxygen atoms in total. The number of unbranched alkanes of at least 4 members (excludes halogenated alkanes) is 6. The van der Waals surface area contributed by atoms with Gasteiger partial charge in [0.15, 0.2) is 6.10 Å². The van der Waals surface area contributed by atoms with Crippen LogP contribution in [-0.4, -0.2) is 70.0 Å². The van der Waals surface area contributed by atoms with E-state index in [1.807, 2.05) is 27.2 Å². The molecule has 0 fully saturated rings. The summed E-state index contributed by atoms with van der Waals surface area (Å²) in [6, 6.07) is 0. The van der Waals surface area contributed by atoms with Crippen LogP contribution in [0.1, 0.15) is 129 Å². The Morgan fingerprint density at radius 2 is 0.982 bits per heavy atom. The van der Waals surface area contributed by atoms with Crippen molar-refractivity contribution < 1.29 is 42.1 Å². The van der Waals surface area contributed by atoms with Gasteiger partial charge in [-0.1, -0.05) is 130 Å². The maximum atomic E-state index is 12.6. The Labute approximate surface area is 341 Å². The van der Waals surface area contributed by atoms with E-state index in [9.17, 15) is 19.0 Å². The topological polar surface area (TPSA) is 111 Å². The molecule has 1 unspecified atom stereocenters. The van der Waals surface area contributed by atoms with E-state index in [4.69, 9.17) is 18.5 Å². The highest BCUT2D eigenvalue weighted by Gasteiger charge is 2.21. The molecule has 0 radical (unpaired) electrons. The van der Waals surface area contributed by atoms with E-state index < -0.39 is 32.5 Å². The van der Waals surface area contributed by atoms with Crippen molar-refractivity contribution in [2.24, 2.45) is 0 Å². The third-order valence-corrected chi connectivity index (χ3v) is 9.06. The van der Waals surface area contributed by atoms with Crippen molar-refractivity contribution in [1.82, 2.24) is 0 Å². The molecule has 0 bridgehead atoms. The van der Waals surface area contributed by atoms with Gasteiger partial charge in [-0.15, -0.1) is 0 Å². The molecule has 0 heterocycles. The highest BCUT2D eigenvalue weighted by atomic mass is 31.2. The van der Waals surface area contributed by atoms with Gasteiger partial charge in [0.2, 0.25) is 0 Å². The maximum Gasteiger partial charge on any atom is 0.306 e. The number of carbonyl (C=O) groups is 2. The van der Waals surface area contributed by atoms with E-state index in [2.05, 4.69) is 105 Å². The summed E-state index contributed by atoms with van der Waals surface area (Å²) in [6.07, 6.45) is 48.7. The van der Waals surface area contributed by atoms with Crippen molar-refractivity contribution in [1.29, 1.82) is 0 Å². The second-order valence-corrected chi connectivity index (χ2v) is 16.0. The van der Waals surface area contributed by atoms with Crippen molar-refractivity contribution >= 4 is 19.8 Å². The molecule has 0 N–H and O–H groups in total. The highest BCUT2D eigenvalue weighted by molar-refractivity contribution is 7.45. The first-order valence-electron chi connectivity index (χ1n) is 20.9. The predicted molar refractivity (Wildman–Crippen MR) is 231 cm³/mol. The summed E-state index contributed by atoms with van der Waals surface area (Å²) >= 11 is 0. The standard InChI is InChI=1S/C46H76NO8P/c1-6-8-10-12-14-16-18-20-22-23-25-26-28-30-32-34-36-38-45(48)52-42-44(43-54-56(50,51)53-41-40-47(3,4)5)55-46(49)39-37-35-33-31-29-27-24-21-19-17-15-13-11-9-7-2/h8-11,14-17,20-22,24-26,30,32,44H,6-7,12-13,18-19,23,27-29,31,33-43H2,1-5H3/b10-8+,11-9+,16-14+,17-15+,22-20+,24-21+,26-25+,32-30+/t44-/m1/s1. The van der Waals surface area contributed by atoms with Crippen LogP contribution < -0.4 is 4.89 Å². The molecule has 2 atom stereocenters. The van der Waals surface area contributed by atoms with Crippen LogP contribution in [0, 0.1) is 0 Å². The lowest BCUT2D eigenvalue weighted by Gasteiger charge is -2.28. The Morgan fingerprint density at radius 3 is 1.48 bits per heavy atom. The number of nitrogens with zero attached hydrogens (tertiary/aromatic N) is 1. The monoisotopic (exact) mass is 802 g/mol. The van der Waals surface area contributed by atoms with E-state index in [1.165, 1.54) is 0 Å². The van der Waals surface area contributed by atoms with Gasteiger partial charge in [0.05, 0.1) is 27.7 Å². The third-order valence-electron chi connectivity index (χ3n) is 8.10. The van der Waals surface area contributed by atoms with Gasteiger partial charge in [-0.3, -0.25) is 14.2 Å². The second-order valence-electron chi connectivity index (χ2n) is 14.6. The highest BCUT2D eigenvalue weighted by Crippen LogP contribution is 2.38. The van der Waals surface area contributed by atoms with Crippen LogP contribution >= 0.6 is 7.82 Å². The van der Waals surface area contributed by atoms with Crippen molar-refractivity contribution in [3.63, 3.8) is 0 Å². The van der Waals surface area contributed by atoms with Gasteiger partial charge in [-0.25, -0.2) is 0 Å². The molecule has 0 aliphatic rings. The Kier molecular flexibility index (Phi) is 35.4. The van der Waals surface area contributed by atoms with Gasteiger partial charge in [0.25, 0.3) is 7.82 Å². The van der Waals surface area contributed by atoms with Crippen molar-refractivity contribution in [3.05, 3.63) is 97.2 Å². The van der Waals surface area contributed by atoms with Crippen LogP contribution in [0.2, 0.25) is 0 Å². The van der Waals surface area contributed by atoms with Crippen LogP contribution in [0.15, 0.2) is 97.2 Å².